The van der Waals surface area contributed by atoms with Crippen LogP contribution < -0.4 is 20.4 Å². The molecule has 2 saturated heterocycles. The van der Waals surface area contributed by atoms with Crippen LogP contribution in [0.2, 0.25) is 0 Å². The van der Waals surface area contributed by atoms with Gasteiger partial charge in [-0.1, -0.05) is 0 Å². The minimum Gasteiger partial charge on any atom is -0.442 e. The molecule has 2 N–H and O–H groups in total. The number of nitrogens with one attached hydrogen (secondary N) is 2. The van der Waals surface area contributed by atoms with Crippen molar-refractivity contribution in [1.82, 2.24) is 10.6 Å². The fraction of sp³-hybridized carbons (Fsp3) is 0.529. The zero-order valence-electron chi connectivity index (χ0n) is 14.5. The smallest absolute Gasteiger partial charge is 0.414 e. The van der Waals surface area contributed by atoms with E-state index in [1.807, 2.05) is 4.90 Å². The Hall–Kier alpha value is -2.06. The summed E-state index contributed by atoms with van der Waals surface area (Å²) in [5.41, 5.74) is 0.966. The van der Waals surface area contributed by atoms with E-state index < -0.39 is 17.6 Å². The average Bonchev–Trinajstić information content (AvgIpc) is 3.01. The number of hydrogen-bond donors (Lipinski definition) is 2. The Morgan fingerprint density at radius 2 is 2.19 bits per heavy atom. The molecule has 2 aliphatic heterocycles. The van der Waals surface area contributed by atoms with Gasteiger partial charge in [-0.15, -0.1) is 11.6 Å². The molecular formula is C17H22ClFN4O3. The van der Waals surface area contributed by atoms with E-state index in [-0.39, 0.29) is 24.8 Å². The second-order valence-electron chi connectivity index (χ2n) is 6.35. The molecular weight excluding hydrogens is 363 g/mol. The number of carbonyl (C=O) groups is 2. The van der Waals surface area contributed by atoms with Crippen LogP contribution in [0.25, 0.3) is 0 Å². The highest BCUT2D eigenvalue weighted by Gasteiger charge is 2.33. The van der Waals surface area contributed by atoms with Crippen LogP contribution in [0, 0.1) is 5.82 Å². The van der Waals surface area contributed by atoms with Crippen molar-refractivity contribution in [3.8, 4) is 0 Å². The summed E-state index contributed by atoms with van der Waals surface area (Å²) in [4.78, 5) is 26.9. The van der Waals surface area contributed by atoms with Crippen LogP contribution in [-0.4, -0.2) is 62.8 Å². The lowest BCUT2D eigenvalue weighted by molar-refractivity contribution is -0.120. The van der Waals surface area contributed by atoms with Gasteiger partial charge >= 0.3 is 6.09 Å². The zero-order valence-corrected chi connectivity index (χ0v) is 15.3. The number of amides is 2. The highest BCUT2D eigenvalue weighted by molar-refractivity contribution is 6.30. The number of ether oxygens (including phenoxy) is 1. The van der Waals surface area contributed by atoms with E-state index >= 15 is 0 Å². The lowest BCUT2D eigenvalue weighted by atomic mass is 10.2. The van der Waals surface area contributed by atoms with Crippen molar-refractivity contribution in [2.75, 3.05) is 49.1 Å². The van der Waals surface area contributed by atoms with E-state index in [9.17, 15) is 14.0 Å². The van der Waals surface area contributed by atoms with Crippen LogP contribution in [0.1, 0.15) is 6.92 Å². The maximum absolute atomic E-state index is 14.5. The summed E-state index contributed by atoms with van der Waals surface area (Å²) in [5.74, 6) is -0.697. The monoisotopic (exact) mass is 384 g/mol. The quantitative estimate of drug-likeness (QED) is 0.749. The fourth-order valence-corrected chi connectivity index (χ4v) is 3.10. The predicted octanol–water partition coefficient (Wildman–Crippen LogP) is 1.30. The van der Waals surface area contributed by atoms with Gasteiger partial charge in [0.1, 0.15) is 17.3 Å². The van der Waals surface area contributed by atoms with Crippen molar-refractivity contribution < 1.29 is 18.7 Å². The first-order chi connectivity index (χ1) is 12.5. The Bertz CT molecular complexity index is 682. The second kappa shape index (κ2) is 8.09. The molecule has 142 valence electrons. The number of carbonyl (C=O) groups excluding carboxylic acids is 2. The molecule has 0 aromatic heterocycles. The third-order valence-electron chi connectivity index (χ3n) is 4.44. The van der Waals surface area contributed by atoms with Gasteiger partial charge in [-0.25, -0.2) is 9.18 Å². The highest BCUT2D eigenvalue weighted by Crippen LogP contribution is 2.28. The first-order valence-corrected chi connectivity index (χ1v) is 9.04. The van der Waals surface area contributed by atoms with Gasteiger partial charge in [0.15, 0.2) is 0 Å². The molecule has 1 aromatic rings. The molecule has 2 atom stereocenters. The summed E-state index contributed by atoms with van der Waals surface area (Å²) in [6.45, 7) is 5.07. The number of piperazine rings is 1. The Kier molecular flexibility index (Phi) is 5.83. The van der Waals surface area contributed by atoms with Crippen LogP contribution in [0.5, 0.6) is 0 Å². The van der Waals surface area contributed by atoms with Crippen LogP contribution >= 0.6 is 11.6 Å². The predicted molar refractivity (Wildman–Crippen MR) is 97.4 cm³/mol. The summed E-state index contributed by atoms with van der Waals surface area (Å²) in [5, 5.41) is 5.19. The minimum absolute atomic E-state index is 0.166. The van der Waals surface area contributed by atoms with Gasteiger partial charge in [-0.3, -0.25) is 9.69 Å². The van der Waals surface area contributed by atoms with Crippen molar-refractivity contribution >= 4 is 35.0 Å². The first kappa shape index (κ1) is 18.7. The number of benzene rings is 1. The molecule has 0 saturated carbocycles. The zero-order chi connectivity index (χ0) is 18.7. The van der Waals surface area contributed by atoms with Gasteiger partial charge in [0, 0.05) is 26.2 Å². The second-order valence-corrected chi connectivity index (χ2v) is 7.00. The number of rotatable bonds is 5. The van der Waals surface area contributed by atoms with Crippen molar-refractivity contribution in [3.05, 3.63) is 24.0 Å². The molecule has 2 amide bonds. The fourth-order valence-electron chi connectivity index (χ4n) is 3.02. The van der Waals surface area contributed by atoms with Crippen LogP contribution in [0.15, 0.2) is 18.2 Å². The third-order valence-corrected chi connectivity index (χ3v) is 4.64. The molecule has 26 heavy (non-hydrogen) atoms. The summed E-state index contributed by atoms with van der Waals surface area (Å²) < 4.78 is 19.8. The number of nitrogens with zero attached hydrogens (tertiary/aromatic N) is 2. The maximum Gasteiger partial charge on any atom is 0.414 e. The number of anilines is 2. The standard InChI is InChI=1S/C17H22ClFN4O3/c1-11(18)16(24)21-9-13-10-23(17(25)26-13)12-2-3-15(14(19)8-12)22-6-4-20-5-7-22/h2-3,8,11,13,20H,4-7,9-10H2,1H3,(H,21,24)/t11-,13?/m0/s1. The molecule has 2 fully saturated rings. The Morgan fingerprint density at radius 3 is 2.85 bits per heavy atom. The molecule has 1 unspecified atom stereocenters. The van der Waals surface area contributed by atoms with Crippen LogP contribution in [0.4, 0.5) is 20.6 Å². The largest absolute Gasteiger partial charge is 0.442 e. The third kappa shape index (κ3) is 4.19. The molecule has 9 heteroatoms. The normalized spacial score (nSPS) is 21.5. The summed E-state index contributed by atoms with van der Waals surface area (Å²) in [6, 6.07) is 4.75. The minimum atomic E-state index is -0.658. The summed E-state index contributed by atoms with van der Waals surface area (Å²) in [6.07, 6.45) is -1.06. The number of halogens is 2. The van der Waals surface area contributed by atoms with E-state index in [1.165, 1.54) is 11.0 Å². The van der Waals surface area contributed by atoms with Gasteiger partial charge < -0.3 is 20.3 Å². The maximum atomic E-state index is 14.5. The van der Waals surface area contributed by atoms with Gasteiger partial charge in [0.2, 0.25) is 5.91 Å². The van der Waals surface area contributed by atoms with Gasteiger partial charge in [0.25, 0.3) is 0 Å². The van der Waals surface area contributed by atoms with E-state index in [0.717, 1.165) is 26.2 Å². The SMILES string of the molecule is C[C@H](Cl)C(=O)NCC1CN(c2ccc(N3CCNCC3)c(F)c2)C(=O)O1. The molecule has 0 radical (unpaired) electrons. The lowest BCUT2D eigenvalue weighted by Gasteiger charge is -2.30. The lowest BCUT2D eigenvalue weighted by Crippen LogP contribution is -2.43. The van der Waals surface area contributed by atoms with Crippen molar-refractivity contribution in [2.24, 2.45) is 0 Å². The number of alkyl halides is 1. The molecule has 0 aliphatic carbocycles. The van der Waals surface area contributed by atoms with Gasteiger partial charge in [-0.05, 0) is 25.1 Å². The molecule has 3 rings (SSSR count). The Labute approximate surface area is 156 Å². The van der Waals surface area contributed by atoms with E-state index in [2.05, 4.69) is 10.6 Å². The van der Waals surface area contributed by atoms with E-state index in [1.54, 1.807) is 19.1 Å². The summed E-state index contributed by atoms with van der Waals surface area (Å²) in [7, 11) is 0. The van der Waals surface area contributed by atoms with Crippen molar-refractivity contribution in [2.45, 2.75) is 18.4 Å². The molecule has 7 nitrogen and oxygen atoms in total. The number of cyclic esters (lactones) is 1. The molecule has 0 bridgehead atoms. The van der Waals surface area contributed by atoms with Crippen molar-refractivity contribution in [1.29, 1.82) is 0 Å². The molecule has 2 aliphatic rings. The van der Waals surface area contributed by atoms with Gasteiger partial charge in [-0.2, -0.15) is 0 Å². The Balaban J connectivity index is 1.64. The highest BCUT2D eigenvalue weighted by atomic mass is 35.5. The van der Waals surface area contributed by atoms with Gasteiger partial charge in [0.05, 0.1) is 24.5 Å². The summed E-state index contributed by atoms with van der Waals surface area (Å²) >= 11 is 5.68. The van der Waals surface area contributed by atoms with E-state index in [4.69, 9.17) is 16.3 Å². The first-order valence-electron chi connectivity index (χ1n) is 8.61. The van der Waals surface area contributed by atoms with Crippen molar-refractivity contribution in [3.63, 3.8) is 0 Å². The van der Waals surface area contributed by atoms with Crippen LogP contribution in [0.3, 0.4) is 0 Å². The number of hydrogen-bond acceptors (Lipinski definition) is 5. The topological polar surface area (TPSA) is 73.9 Å². The molecule has 2 heterocycles. The van der Waals surface area contributed by atoms with E-state index in [0.29, 0.717) is 11.4 Å². The molecule has 0 spiro atoms. The average molecular weight is 385 g/mol. The van der Waals surface area contributed by atoms with Crippen LogP contribution in [-0.2, 0) is 9.53 Å². The Morgan fingerprint density at radius 1 is 1.46 bits per heavy atom. The molecule has 1 aromatic carbocycles.